The van der Waals surface area contributed by atoms with Crippen molar-refractivity contribution in [2.45, 2.75) is 46.1 Å². The molecule has 2 atom stereocenters. The second-order valence-electron chi connectivity index (χ2n) is 5.51. The number of hydrogen-bond acceptors (Lipinski definition) is 6. The second kappa shape index (κ2) is 9.11. The third-order valence-corrected chi connectivity index (χ3v) is 3.93. The van der Waals surface area contributed by atoms with E-state index in [2.05, 4.69) is 5.92 Å². The summed E-state index contributed by atoms with van der Waals surface area (Å²) in [5, 5.41) is 0. The standard InChI is InChI=1S/C18H24O6/c1-5-12-18(16(20)22-6-2,17(21)23-7-3)14-8-10-15(11-9-14)24-13(4)19/h1,8,10,14-15H,6-7,9,11-12H2,2-4H3. The number of rotatable bonds is 7. The Morgan fingerprint density at radius 2 is 1.71 bits per heavy atom. The Morgan fingerprint density at radius 3 is 2.08 bits per heavy atom. The predicted octanol–water partition coefficient (Wildman–Crippen LogP) is 2.02. The smallest absolute Gasteiger partial charge is 0.325 e. The summed E-state index contributed by atoms with van der Waals surface area (Å²) in [7, 11) is 0. The van der Waals surface area contributed by atoms with Crippen LogP contribution in [0.5, 0.6) is 0 Å². The van der Waals surface area contributed by atoms with E-state index in [1.165, 1.54) is 6.92 Å². The maximum atomic E-state index is 12.6. The van der Waals surface area contributed by atoms with Gasteiger partial charge in [-0.05, 0) is 32.8 Å². The van der Waals surface area contributed by atoms with Crippen molar-refractivity contribution in [1.29, 1.82) is 0 Å². The molecular formula is C18H24O6. The Hall–Kier alpha value is -2.29. The van der Waals surface area contributed by atoms with Gasteiger partial charge in [-0.15, -0.1) is 12.3 Å². The molecule has 1 rings (SSSR count). The highest BCUT2D eigenvalue weighted by Crippen LogP contribution is 2.41. The van der Waals surface area contributed by atoms with Gasteiger partial charge in [0.05, 0.1) is 13.2 Å². The molecule has 6 nitrogen and oxygen atoms in total. The third kappa shape index (κ3) is 4.38. The van der Waals surface area contributed by atoms with Crippen molar-refractivity contribution in [2.24, 2.45) is 11.3 Å². The minimum Gasteiger partial charge on any atom is -0.465 e. The summed E-state index contributed by atoms with van der Waals surface area (Å²) in [5.41, 5.74) is -1.57. The van der Waals surface area contributed by atoms with Crippen molar-refractivity contribution in [1.82, 2.24) is 0 Å². The van der Waals surface area contributed by atoms with Gasteiger partial charge in [0, 0.05) is 19.3 Å². The van der Waals surface area contributed by atoms with Gasteiger partial charge in [0.15, 0.2) is 5.41 Å². The Balaban J connectivity index is 3.17. The molecule has 0 aromatic heterocycles. The van der Waals surface area contributed by atoms with Gasteiger partial charge >= 0.3 is 17.9 Å². The average Bonchev–Trinajstić information content (AvgIpc) is 2.53. The van der Waals surface area contributed by atoms with Crippen LogP contribution in [0, 0.1) is 23.7 Å². The molecule has 0 saturated carbocycles. The zero-order valence-electron chi connectivity index (χ0n) is 14.4. The molecule has 24 heavy (non-hydrogen) atoms. The lowest BCUT2D eigenvalue weighted by Crippen LogP contribution is -2.48. The van der Waals surface area contributed by atoms with Gasteiger partial charge in [-0.2, -0.15) is 0 Å². The monoisotopic (exact) mass is 336 g/mol. The first-order chi connectivity index (χ1) is 11.4. The van der Waals surface area contributed by atoms with Crippen molar-refractivity contribution in [3.05, 3.63) is 12.2 Å². The Morgan fingerprint density at radius 1 is 1.12 bits per heavy atom. The lowest BCUT2D eigenvalue weighted by atomic mass is 9.69. The number of carbonyl (C=O) groups is 3. The first kappa shape index (κ1) is 19.8. The highest BCUT2D eigenvalue weighted by molar-refractivity contribution is 6.01. The summed E-state index contributed by atoms with van der Waals surface area (Å²) < 4.78 is 15.4. The number of esters is 3. The van der Waals surface area contributed by atoms with Crippen LogP contribution in [0.25, 0.3) is 0 Å². The van der Waals surface area contributed by atoms with Gasteiger partial charge in [-0.3, -0.25) is 14.4 Å². The molecule has 0 fully saturated rings. The maximum Gasteiger partial charge on any atom is 0.325 e. The van der Waals surface area contributed by atoms with Crippen LogP contribution in [-0.2, 0) is 28.6 Å². The van der Waals surface area contributed by atoms with E-state index in [1.54, 1.807) is 26.0 Å². The predicted molar refractivity (Wildman–Crippen MR) is 86.6 cm³/mol. The van der Waals surface area contributed by atoms with E-state index < -0.39 is 23.3 Å². The zero-order chi connectivity index (χ0) is 18.2. The molecule has 0 saturated heterocycles. The molecule has 0 N–H and O–H groups in total. The van der Waals surface area contributed by atoms with Crippen molar-refractivity contribution < 1.29 is 28.6 Å². The summed E-state index contributed by atoms with van der Waals surface area (Å²) in [6.07, 6.45) is 9.26. The van der Waals surface area contributed by atoms with Gasteiger partial charge in [0.2, 0.25) is 0 Å². The summed E-state index contributed by atoms with van der Waals surface area (Å²) in [6, 6.07) is 0. The van der Waals surface area contributed by atoms with E-state index in [4.69, 9.17) is 20.6 Å². The van der Waals surface area contributed by atoms with Gasteiger partial charge < -0.3 is 14.2 Å². The van der Waals surface area contributed by atoms with Crippen LogP contribution >= 0.6 is 0 Å². The fraction of sp³-hybridized carbons (Fsp3) is 0.611. The average molecular weight is 336 g/mol. The van der Waals surface area contributed by atoms with Crippen molar-refractivity contribution >= 4 is 17.9 Å². The lowest BCUT2D eigenvalue weighted by molar-refractivity contribution is -0.176. The molecule has 0 radical (unpaired) electrons. The van der Waals surface area contributed by atoms with Crippen LogP contribution in [0.3, 0.4) is 0 Å². The first-order valence-electron chi connectivity index (χ1n) is 8.05. The maximum absolute atomic E-state index is 12.6. The van der Waals surface area contributed by atoms with Gasteiger partial charge in [-0.1, -0.05) is 6.08 Å². The van der Waals surface area contributed by atoms with Gasteiger partial charge in [-0.25, -0.2) is 0 Å². The highest BCUT2D eigenvalue weighted by atomic mass is 16.6. The fourth-order valence-electron chi connectivity index (χ4n) is 2.86. The fourth-order valence-corrected chi connectivity index (χ4v) is 2.86. The SMILES string of the molecule is C#CCC(C(=O)OCC)(C(=O)OCC)C1C=CC(OC(C)=O)CC1. The number of hydrogen-bond donors (Lipinski definition) is 0. The minimum atomic E-state index is -1.57. The number of terminal acetylenes is 1. The van der Waals surface area contributed by atoms with Crippen LogP contribution in [-0.4, -0.2) is 37.2 Å². The Bertz CT molecular complexity index is 524. The normalized spacial score (nSPS) is 19.9. The Kier molecular flexibility index (Phi) is 7.50. The van der Waals surface area contributed by atoms with E-state index in [-0.39, 0.29) is 31.7 Å². The summed E-state index contributed by atoms with van der Waals surface area (Å²) in [6.45, 7) is 4.93. The molecule has 6 heteroatoms. The largest absolute Gasteiger partial charge is 0.465 e. The first-order valence-corrected chi connectivity index (χ1v) is 8.05. The van der Waals surface area contributed by atoms with Gasteiger partial charge in [0.25, 0.3) is 0 Å². The second-order valence-corrected chi connectivity index (χ2v) is 5.51. The number of allylic oxidation sites excluding steroid dienone is 1. The molecule has 0 aliphatic heterocycles. The molecule has 0 bridgehead atoms. The van der Waals surface area contributed by atoms with Crippen LogP contribution in [0.2, 0.25) is 0 Å². The molecule has 2 unspecified atom stereocenters. The van der Waals surface area contributed by atoms with E-state index in [1.807, 2.05) is 0 Å². The topological polar surface area (TPSA) is 78.9 Å². The quantitative estimate of drug-likeness (QED) is 0.233. The molecule has 0 spiro atoms. The van der Waals surface area contributed by atoms with Gasteiger partial charge in [0.1, 0.15) is 6.10 Å². The summed E-state index contributed by atoms with van der Waals surface area (Å²) in [5.74, 6) is 0.195. The molecule has 1 aliphatic rings. The number of carbonyl (C=O) groups excluding carboxylic acids is 3. The lowest BCUT2D eigenvalue weighted by Gasteiger charge is -2.36. The van der Waals surface area contributed by atoms with Crippen molar-refractivity contribution in [3.8, 4) is 12.3 Å². The third-order valence-electron chi connectivity index (χ3n) is 3.93. The van der Waals surface area contributed by atoms with Crippen LogP contribution in [0.15, 0.2) is 12.2 Å². The van der Waals surface area contributed by atoms with E-state index in [0.29, 0.717) is 12.8 Å². The van der Waals surface area contributed by atoms with Crippen LogP contribution in [0.4, 0.5) is 0 Å². The van der Waals surface area contributed by atoms with E-state index in [0.717, 1.165) is 0 Å². The van der Waals surface area contributed by atoms with Crippen molar-refractivity contribution in [3.63, 3.8) is 0 Å². The molecule has 1 aliphatic carbocycles. The molecule has 132 valence electrons. The number of ether oxygens (including phenoxy) is 3. The van der Waals surface area contributed by atoms with Crippen LogP contribution < -0.4 is 0 Å². The molecule has 0 heterocycles. The van der Waals surface area contributed by atoms with E-state index >= 15 is 0 Å². The minimum absolute atomic E-state index is 0.113. The van der Waals surface area contributed by atoms with Crippen molar-refractivity contribution in [2.75, 3.05) is 13.2 Å². The zero-order valence-corrected chi connectivity index (χ0v) is 14.4. The highest BCUT2D eigenvalue weighted by Gasteiger charge is 2.54. The molecule has 0 amide bonds. The molecule has 0 aromatic carbocycles. The van der Waals surface area contributed by atoms with E-state index in [9.17, 15) is 14.4 Å². The molecule has 0 aromatic rings. The Labute approximate surface area is 142 Å². The summed E-state index contributed by atoms with van der Waals surface area (Å²) in [4.78, 5) is 36.2. The molecular weight excluding hydrogens is 312 g/mol. The summed E-state index contributed by atoms with van der Waals surface area (Å²) >= 11 is 0. The van der Waals surface area contributed by atoms with Crippen LogP contribution in [0.1, 0.15) is 40.0 Å².